The molecule has 0 saturated heterocycles. The number of benzene rings is 1. The van der Waals surface area contributed by atoms with Crippen molar-refractivity contribution in [1.82, 2.24) is 4.98 Å². The molecular weight excluding hydrogens is 307 g/mol. The van der Waals surface area contributed by atoms with Crippen LogP contribution in [0.15, 0.2) is 40.9 Å². The maximum Gasteiger partial charge on any atom is 0.214 e. The van der Waals surface area contributed by atoms with Crippen LogP contribution in [0, 0.1) is 5.95 Å². The van der Waals surface area contributed by atoms with Gasteiger partial charge in [-0.1, -0.05) is 33.6 Å². The SMILES string of the molecule is Fc1cccc(NCc2cc(Br)ccc2Cl)n1. The molecule has 0 amide bonds. The molecule has 2 rings (SSSR count). The van der Waals surface area contributed by atoms with Gasteiger partial charge < -0.3 is 5.32 Å². The maximum atomic E-state index is 12.9. The van der Waals surface area contributed by atoms with Crippen molar-refractivity contribution in [1.29, 1.82) is 0 Å². The van der Waals surface area contributed by atoms with E-state index < -0.39 is 5.95 Å². The Balaban J connectivity index is 2.09. The zero-order valence-electron chi connectivity index (χ0n) is 8.75. The van der Waals surface area contributed by atoms with Crippen LogP contribution in [0.3, 0.4) is 0 Å². The van der Waals surface area contributed by atoms with Gasteiger partial charge in [-0.15, -0.1) is 0 Å². The minimum Gasteiger partial charge on any atom is -0.366 e. The third kappa shape index (κ3) is 3.41. The lowest BCUT2D eigenvalue weighted by Gasteiger charge is -2.07. The molecule has 1 heterocycles. The summed E-state index contributed by atoms with van der Waals surface area (Å²) in [5.74, 6) is -0.0172. The number of anilines is 1. The molecule has 1 aromatic carbocycles. The van der Waals surface area contributed by atoms with E-state index >= 15 is 0 Å². The summed E-state index contributed by atoms with van der Waals surface area (Å²) in [5.41, 5.74) is 0.923. The van der Waals surface area contributed by atoms with E-state index in [2.05, 4.69) is 26.2 Å². The minimum atomic E-state index is -0.504. The van der Waals surface area contributed by atoms with E-state index in [4.69, 9.17) is 11.6 Å². The van der Waals surface area contributed by atoms with Crippen LogP contribution < -0.4 is 5.32 Å². The molecule has 0 spiro atoms. The van der Waals surface area contributed by atoms with Crippen molar-refractivity contribution in [3.63, 3.8) is 0 Å². The molecule has 0 aliphatic carbocycles. The van der Waals surface area contributed by atoms with Crippen molar-refractivity contribution in [2.24, 2.45) is 0 Å². The molecule has 0 aliphatic rings. The molecule has 0 bridgehead atoms. The Morgan fingerprint density at radius 3 is 2.88 bits per heavy atom. The molecule has 17 heavy (non-hydrogen) atoms. The van der Waals surface area contributed by atoms with E-state index in [0.29, 0.717) is 17.4 Å². The lowest BCUT2D eigenvalue weighted by atomic mass is 10.2. The van der Waals surface area contributed by atoms with Crippen molar-refractivity contribution in [2.75, 3.05) is 5.32 Å². The molecular formula is C12H9BrClFN2. The third-order valence-electron chi connectivity index (χ3n) is 2.18. The van der Waals surface area contributed by atoms with Crippen molar-refractivity contribution in [3.8, 4) is 0 Å². The van der Waals surface area contributed by atoms with Crippen LogP contribution >= 0.6 is 27.5 Å². The quantitative estimate of drug-likeness (QED) is 0.857. The van der Waals surface area contributed by atoms with Crippen LogP contribution in [-0.2, 0) is 6.54 Å². The Labute approximate surface area is 112 Å². The third-order valence-corrected chi connectivity index (χ3v) is 3.04. The Morgan fingerprint density at radius 2 is 2.12 bits per heavy atom. The lowest BCUT2D eigenvalue weighted by Crippen LogP contribution is -2.02. The van der Waals surface area contributed by atoms with Gasteiger partial charge in [-0.3, -0.25) is 0 Å². The van der Waals surface area contributed by atoms with Gasteiger partial charge in [0.1, 0.15) is 5.82 Å². The summed E-state index contributed by atoms with van der Waals surface area (Å²) in [6.45, 7) is 0.495. The highest BCUT2D eigenvalue weighted by molar-refractivity contribution is 9.10. The first-order valence-electron chi connectivity index (χ1n) is 4.95. The summed E-state index contributed by atoms with van der Waals surface area (Å²) < 4.78 is 13.8. The van der Waals surface area contributed by atoms with Crippen LogP contribution in [0.2, 0.25) is 5.02 Å². The molecule has 0 atom stereocenters. The number of aromatic nitrogens is 1. The predicted octanol–water partition coefficient (Wildman–Crippen LogP) is 4.25. The van der Waals surface area contributed by atoms with Gasteiger partial charge in [0.15, 0.2) is 0 Å². The molecule has 1 N–H and O–H groups in total. The van der Waals surface area contributed by atoms with E-state index in [1.54, 1.807) is 12.1 Å². The molecule has 5 heteroatoms. The number of halogens is 3. The fourth-order valence-corrected chi connectivity index (χ4v) is 1.96. The first-order chi connectivity index (χ1) is 8.15. The van der Waals surface area contributed by atoms with Gasteiger partial charge in [-0.2, -0.15) is 4.39 Å². The van der Waals surface area contributed by atoms with Crippen LogP contribution in [0.5, 0.6) is 0 Å². The average molecular weight is 316 g/mol. The van der Waals surface area contributed by atoms with E-state index in [1.165, 1.54) is 6.07 Å². The van der Waals surface area contributed by atoms with Gasteiger partial charge >= 0.3 is 0 Å². The van der Waals surface area contributed by atoms with Gasteiger partial charge in [-0.25, -0.2) is 4.98 Å². The average Bonchev–Trinajstić information content (AvgIpc) is 2.30. The molecule has 1 aromatic heterocycles. The molecule has 0 fully saturated rings. The second-order valence-corrected chi connectivity index (χ2v) is 4.76. The number of hydrogen-bond acceptors (Lipinski definition) is 2. The second-order valence-electron chi connectivity index (χ2n) is 3.43. The van der Waals surface area contributed by atoms with Crippen molar-refractivity contribution in [2.45, 2.75) is 6.54 Å². The van der Waals surface area contributed by atoms with E-state index in [-0.39, 0.29) is 0 Å². The Hall–Kier alpha value is -1.13. The van der Waals surface area contributed by atoms with Gasteiger partial charge in [-0.05, 0) is 35.9 Å². The number of pyridine rings is 1. The van der Waals surface area contributed by atoms with Crippen LogP contribution in [-0.4, -0.2) is 4.98 Å². The van der Waals surface area contributed by atoms with Crippen LogP contribution in [0.1, 0.15) is 5.56 Å². The summed E-state index contributed by atoms with van der Waals surface area (Å²) >= 11 is 9.41. The Kier molecular flexibility index (Phi) is 3.97. The zero-order valence-corrected chi connectivity index (χ0v) is 11.1. The predicted molar refractivity (Wildman–Crippen MR) is 70.7 cm³/mol. The first kappa shape index (κ1) is 12.3. The second kappa shape index (κ2) is 5.47. The number of nitrogens with zero attached hydrogens (tertiary/aromatic N) is 1. The smallest absolute Gasteiger partial charge is 0.214 e. The standard InChI is InChI=1S/C12H9BrClFN2/c13-9-4-5-10(14)8(6-9)7-16-12-3-1-2-11(15)17-12/h1-6H,7H2,(H,16,17). The summed E-state index contributed by atoms with van der Waals surface area (Å²) in [7, 11) is 0. The van der Waals surface area contributed by atoms with Crippen LogP contribution in [0.25, 0.3) is 0 Å². The summed E-state index contributed by atoms with van der Waals surface area (Å²) in [6.07, 6.45) is 0. The highest BCUT2D eigenvalue weighted by Gasteiger charge is 2.02. The fourth-order valence-electron chi connectivity index (χ4n) is 1.37. The Morgan fingerprint density at radius 1 is 1.29 bits per heavy atom. The minimum absolute atomic E-state index is 0.487. The van der Waals surface area contributed by atoms with Gasteiger partial charge in [0, 0.05) is 16.0 Å². The monoisotopic (exact) mass is 314 g/mol. The summed E-state index contributed by atoms with van der Waals surface area (Å²) in [6, 6.07) is 10.2. The molecule has 88 valence electrons. The molecule has 0 radical (unpaired) electrons. The van der Waals surface area contributed by atoms with Gasteiger partial charge in [0.2, 0.25) is 5.95 Å². The van der Waals surface area contributed by atoms with Gasteiger partial charge in [0.05, 0.1) is 0 Å². The van der Waals surface area contributed by atoms with Crippen molar-refractivity contribution in [3.05, 3.63) is 57.4 Å². The maximum absolute atomic E-state index is 12.9. The zero-order chi connectivity index (χ0) is 12.3. The van der Waals surface area contributed by atoms with E-state index in [0.717, 1.165) is 10.0 Å². The van der Waals surface area contributed by atoms with Crippen molar-refractivity contribution < 1.29 is 4.39 Å². The van der Waals surface area contributed by atoms with E-state index in [1.807, 2.05) is 18.2 Å². The normalized spacial score (nSPS) is 10.3. The molecule has 0 aliphatic heterocycles. The number of nitrogens with one attached hydrogen (secondary N) is 1. The molecule has 2 aromatic rings. The molecule has 0 unspecified atom stereocenters. The summed E-state index contributed by atoms with van der Waals surface area (Å²) in [4.78, 5) is 3.71. The van der Waals surface area contributed by atoms with Crippen LogP contribution in [0.4, 0.5) is 10.2 Å². The Bertz CT molecular complexity index is 534. The van der Waals surface area contributed by atoms with Crippen molar-refractivity contribution >= 4 is 33.3 Å². The number of hydrogen-bond donors (Lipinski definition) is 1. The number of rotatable bonds is 3. The highest BCUT2D eigenvalue weighted by Crippen LogP contribution is 2.21. The summed E-state index contributed by atoms with van der Waals surface area (Å²) in [5, 5.41) is 3.68. The molecule has 0 saturated carbocycles. The topological polar surface area (TPSA) is 24.9 Å². The highest BCUT2D eigenvalue weighted by atomic mass is 79.9. The van der Waals surface area contributed by atoms with E-state index in [9.17, 15) is 4.39 Å². The lowest BCUT2D eigenvalue weighted by molar-refractivity contribution is 0.585. The van der Waals surface area contributed by atoms with Gasteiger partial charge in [0.25, 0.3) is 0 Å². The molecule has 2 nitrogen and oxygen atoms in total. The largest absolute Gasteiger partial charge is 0.366 e. The first-order valence-corrected chi connectivity index (χ1v) is 6.12. The fraction of sp³-hybridized carbons (Fsp3) is 0.0833.